The van der Waals surface area contributed by atoms with Gasteiger partial charge in [0.15, 0.2) is 0 Å². The highest BCUT2D eigenvalue weighted by atomic mass is 127. The molecule has 0 aliphatic carbocycles. The van der Waals surface area contributed by atoms with Gasteiger partial charge < -0.3 is 14.3 Å². The molecule has 1 aliphatic rings. The van der Waals surface area contributed by atoms with Crippen molar-refractivity contribution in [3.8, 4) is 11.3 Å². The number of amides is 1. The number of rotatable bonds is 5. The first-order valence-electron chi connectivity index (χ1n) is 10.4. The van der Waals surface area contributed by atoms with Crippen LogP contribution in [0.15, 0.2) is 47.0 Å². The lowest BCUT2D eigenvalue weighted by molar-refractivity contribution is -0.384. The Morgan fingerprint density at radius 3 is 2.73 bits per heavy atom. The molecule has 0 saturated carbocycles. The van der Waals surface area contributed by atoms with Crippen LogP contribution in [-0.4, -0.2) is 46.6 Å². The van der Waals surface area contributed by atoms with Crippen molar-refractivity contribution in [1.29, 1.82) is 0 Å². The Morgan fingerprint density at radius 1 is 1.30 bits per heavy atom. The average Bonchev–Trinajstić information content (AvgIpc) is 3.19. The van der Waals surface area contributed by atoms with Gasteiger partial charge in [-0.05, 0) is 25.5 Å². The number of halogens is 2. The fraction of sp³-hybridized carbons (Fsp3) is 0.304. The van der Waals surface area contributed by atoms with Gasteiger partial charge in [-0.1, -0.05) is 63.6 Å². The first-order valence-corrected chi connectivity index (χ1v) is 12.3. The van der Waals surface area contributed by atoms with Gasteiger partial charge in [0.2, 0.25) is 0 Å². The molecule has 33 heavy (non-hydrogen) atoms. The van der Waals surface area contributed by atoms with Gasteiger partial charge >= 0.3 is 0 Å². The number of nitro benzene ring substituents is 1. The third-order valence-electron chi connectivity index (χ3n) is 5.86. The maximum Gasteiger partial charge on any atom is 0.271 e. The molecule has 10 heteroatoms. The van der Waals surface area contributed by atoms with Crippen LogP contribution in [0.4, 0.5) is 11.4 Å². The van der Waals surface area contributed by atoms with Gasteiger partial charge in [-0.25, -0.2) is 0 Å². The molecule has 1 saturated heterocycles. The van der Waals surface area contributed by atoms with Crippen LogP contribution in [0.5, 0.6) is 0 Å². The summed E-state index contributed by atoms with van der Waals surface area (Å²) in [6.45, 7) is 5.31. The predicted molar refractivity (Wildman–Crippen MR) is 135 cm³/mol. The van der Waals surface area contributed by atoms with E-state index >= 15 is 0 Å². The Balaban J connectivity index is 1.58. The molecule has 1 fully saturated rings. The number of nitro groups is 1. The molecule has 8 nitrogen and oxygen atoms in total. The van der Waals surface area contributed by atoms with Crippen molar-refractivity contribution < 1.29 is 14.2 Å². The smallest absolute Gasteiger partial charge is 0.271 e. The highest BCUT2D eigenvalue weighted by molar-refractivity contribution is 14.1. The van der Waals surface area contributed by atoms with Crippen LogP contribution in [0.2, 0.25) is 5.02 Å². The van der Waals surface area contributed by atoms with Gasteiger partial charge in [-0.15, -0.1) is 0 Å². The average molecular weight is 581 g/mol. The minimum atomic E-state index is -0.468. The monoisotopic (exact) mass is 580 g/mol. The Labute approximate surface area is 209 Å². The molecular formula is C23H22ClIN4O4. The molecule has 4 rings (SSSR count). The van der Waals surface area contributed by atoms with E-state index in [1.807, 2.05) is 41.0 Å². The van der Waals surface area contributed by atoms with Crippen molar-refractivity contribution in [1.82, 2.24) is 10.1 Å². The van der Waals surface area contributed by atoms with Crippen molar-refractivity contribution in [2.24, 2.45) is 0 Å². The summed E-state index contributed by atoms with van der Waals surface area (Å²) in [5, 5.41) is 15.5. The summed E-state index contributed by atoms with van der Waals surface area (Å²) in [6, 6.07) is 12.2. The fourth-order valence-corrected chi connectivity index (χ4v) is 5.12. The maximum absolute atomic E-state index is 13.6. The summed E-state index contributed by atoms with van der Waals surface area (Å²) in [5.74, 6) is 0.375. The van der Waals surface area contributed by atoms with Crippen LogP contribution in [0.25, 0.3) is 11.3 Å². The van der Waals surface area contributed by atoms with Crippen molar-refractivity contribution >= 4 is 51.5 Å². The molecule has 0 N–H and O–H groups in total. The highest BCUT2D eigenvalue weighted by Gasteiger charge is 2.33. The molecule has 1 aromatic heterocycles. The van der Waals surface area contributed by atoms with E-state index in [1.165, 1.54) is 12.1 Å². The van der Waals surface area contributed by atoms with E-state index in [4.69, 9.17) is 16.1 Å². The first kappa shape index (κ1) is 23.5. The largest absolute Gasteiger partial charge is 0.366 e. The van der Waals surface area contributed by atoms with Gasteiger partial charge in [-0.2, -0.15) is 0 Å². The van der Waals surface area contributed by atoms with Crippen LogP contribution in [0.1, 0.15) is 28.6 Å². The summed E-state index contributed by atoms with van der Waals surface area (Å²) in [6.07, 6.45) is 0. The number of non-ortho nitro benzene ring substituents is 1. The van der Waals surface area contributed by atoms with Gasteiger partial charge in [0, 0.05) is 47.8 Å². The number of alkyl halides is 1. The summed E-state index contributed by atoms with van der Waals surface area (Å²) in [4.78, 5) is 28.0. The summed E-state index contributed by atoms with van der Waals surface area (Å²) in [7, 11) is 0. The third kappa shape index (κ3) is 4.56. The molecule has 3 aromatic rings. The normalized spacial score (nSPS) is 16.2. The van der Waals surface area contributed by atoms with E-state index in [-0.39, 0.29) is 17.6 Å². The predicted octanol–water partition coefficient (Wildman–Crippen LogP) is 5.50. The number of carbonyl (C=O) groups excluding carboxylic acids is 1. The number of aromatic nitrogens is 1. The molecule has 1 amide bonds. The number of carbonyl (C=O) groups is 1. The number of hydrogen-bond donors (Lipinski definition) is 0. The Hall–Kier alpha value is -2.66. The second-order valence-corrected chi connectivity index (χ2v) is 9.11. The topological polar surface area (TPSA) is 92.7 Å². The van der Waals surface area contributed by atoms with E-state index in [0.29, 0.717) is 41.7 Å². The number of aryl methyl sites for hydroxylation is 1. The minimum Gasteiger partial charge on any atom is -0.366 e. The van der Waals surface area contributed by atoms with Crippen molar-refractivity contribution in [2.45, 2.75) is 24.3 Å². The molecule has 0 radical (unpaired) electrons. The van der Waals surface area contributed by atoms with E-state index in [0.717, 1.165) is 21.2 Å². The molecule has 2 heterocycles. The maximum atomic E-state index is 13.6. The van der Waals surface area contributed by atoms with Crippen LogP contribution in [0.3, 0.4) is 0 Å². The van der Waals surface area contributed by atoms with Crippen molar-refractivity contribution in [2.75, 3.05) is 24.5 Å². The van der Waals surface area contributed by atoms with E-state index in [1.54, 1.807) is 13.0 Å². The Morgan fingerprint density at radius 2 is 2.06 bits per heavy atom. The fourth-order valence-electron chi connectivity index (χ4n) is 4.16. The van der Waals surface area contributed by atoms with Crippen LogP contribution in [0, 0.1) is 17.0 Å². The lowest BCUT2D eigenvalue weighted by Crippen LogP contribution is -2.54. The number of anilines is 1. The van der Waals surface area contributed by atoms with E-state index < -0.39 is 4.92 Å². The molecule has 0 spiro atoms. The highest BCUT2D eigenvalue weighted by Crippen LogP contribution is 2.33. The van der Waals surface area contributed by atoms with Gasteiger partial charge in [-0.3, -0.25) is 14.9 Å². The first-order chi connectivity index (χ1) is 15.8. The molecule has 1 unspecified atom stereocenters. The number of piperazine rings is 1. The van der Waals surface area contributed by atoms with Crippen LogP contribution < -0.4 is 4.90 Å². The molecular weight excluding hydrogens is 559 g/mol. The number of benzene rings is 2. The molecule has 172 valence electrons. The third-order valence-corrected chi connectivity index (χ3v) is 6.99. The minimum absolute atomic E-state index is 0.0483. The standard InChI is InChI=1S/C23H22ClIN4O4/c1-14-13-27(20-8-7-17(29(31)32)11-19(20)24)9-10-28(14)23(30)21-15(2)33-26-22(21)18-6-4-3-5-16(18)12-25/h3-8,11,14H,9-10,12-13H2,1-2H3. The van der Waals surface area contributed by atoms with E-state index in [2.05, 4.69) is 27.7 Å². The zero-order chi connectivity index (χ0) is 23.7. The molecule has 1 aliphatic heterocycles. The Kier molecular flexibility index (Phi) is 6.89. The summed E-state index contributed by atoms with van der Waals surface area (Å²) >= 11 is 8.62. The van der Waals surface area contributed by atoms with Crippen LogP contribution >= 0.6 is 34.2 Å². The Bertz CT molecular complexity index is 1210. The van der Waals surface area contributed by atoms with Crippen molar-refractivity contribution in [3.05, 3.63) is 74.5 Å². The van der Waals surface area contributed by atoms with Crippen molar-refractivity contribution in [3.63, 3.8) is 0 Å². The number of nitrogens with zero attached hydrogens (tertiary/aromatic N) is 4. The van der Waals surface area contributed by atoms with Gasteiger partial charge in [0.05, 0.1) is 15.6 Å². The molecule has 2 aromatic carbocycles. The summed E-state index contributed by atoms with van der Waals surface area (Å²) < 4.78 is 6.24. The van der Waals surface area contributed by atoms with Crippen LogP contribution in [-0.2, 0) is 4.43 Å². The molecule has 0 bridgehead atoms. The van der Waals surface area contributed by atoms with Gasteiger partial charge in [0.1, 0.15) is 17.0 Å². The zero-order valence-corrected chi connectivity index (χ0v) is 21.0. The lowest BCUT2D eigenvalue weighted by atomic mass is 10.00. The second kappa shape index (κ2) is 9.68. The van der Waals surface area contributed by atoms with E-state index in [9.17, 15) is 14.9 Å². The quantitative estimate of drug-likeness (QED) is 0.171. The second-order valence-electron chi connectivity index (χ2n) is 7.94. The zero-order valence-electron chi connectivity index (χ0n) is 18.1. The molecule has 1 atom stereocenters. The SMILES string of the molecule is Cc1onc(-c2ccccc2CI)c1C(=O)N1CCN(c2ccc([N+](=O)[O-])cc2Cl)CC1C. The number of hydrogen-bond acceptors (Lipinski definition) is 6. The lowest BCUT2D eigenvalue weighted by Gasteiger charge is -2.41. The van der Waals surface area contributed by atoms with Gasteiger partial charge in [0.25, 0.3) is 11.6 Å². The summed E-state index contributed by atoms with van der Waals surface area (Å²) in [5.41, 5.74) is 3.72.